The van der Waals surface area contributed by atoms with Crippen LogP contribution in [0.3, 0.4) is 0 Å². The molecule has 0 radical (unpaired) electrons. The van der Waals surface area contributed by atoms with Crippen molar-refractivity contribution in [2.45, 2.75) is 38.6 Å². The third-order valence-electron chi connectivity index (χ3n) is 5.73. The smallest absolute Gasteiger partial charge is 0.227 e. The summed E-state index contributed by atoms with van der Waals surface area (Å²) in [7, 11) is 0. The molecule has 1 fully saturated rings. The van der Waals surface area contributed by atoms with Crippen LogP contribution in [0, 0.1) is 12.7 Å². The number of rotatable bonds is 4. The number of amides is 1. The van der Waals surface area contributed by atoms with E-state index in [9.17, 15) is 9.18 Å². The van der Waals surface area contributed by atoms with Crippen molar-refractivity contribution < 1.29 is 18.7 Å². The lowest BCUT2D eigenvalue weighted by Crippen LogP contribution is -2.48. The number of ether oxygens (including phenoxy) is 2. The Labute approximate surface area is 170 Å². The lowest BCUT2D eigenvalue weighted by Gasteiger charge is -2.36. The number of aryl methyl sites for hydroxylation is 1. The van der Waals surface area contributed by atoms with Crippen LogP contribution in [0.1, 0.15) is 36.8 Å². The van der Waals surface area contributed by atoms with Crippen LogP contribution in [0.15, 0.2) is 36.4 Å². The van der Waals surface area contributed by atoms with Gasteiger partial charge in [-0.25, -0.2) is 4.39 Å². The molecule has 6 heteroatoms. The Balaban J connectivity index is 1.41. The van der Waals surface area contributed by atoms with Crippen LogP contribution in [-0.2, 0) is 4.79 Å². The number of nitrogens with zero attached hydrogens (tertiary/aromatic N) is 1. The fourth-order valence-corrected chi connectivity index (χ4v) is 4.09. The molecule has 29 heavy (non-hydrogen) atoms. The van der Waals surface area contributed by atoms with Crippen molar-refractivity contribution in [1.82, 2.24) is 5.32 Å². The summed E-state index contributed by atoms with van der Waals surface area (Å²) < 4.78 is 24.6. The molecule has 0 aliphatic carbocycles. The monoisotopic (exact) mass is 398 g/mol. The lowest BCUT2D eigenvalue weighted by atomic mass is 9.98. The molecule has 4 rings (SSSR count). The van der Waals surface area contributed by atoms with Crippen LogP contribution >= 0.6 is 0 Å². The van der Waals surface area contributed by atoms with Crippen LogP contribution in [0.25, 0.3) is 0 Å². The first-order valence-corrected chi connectivity index (χ1v) is 10.2. The Morgan fingerprint density at radius 3 is 2.76 bits per heavy atom. The Morgan fingerprint density at radius 2 is 1.97 bits per heavy atom. The number of carbonyl (C=O) groups is 1. The topological polar surface area (TPSA) is 50.8 Å². The summed E-state index contributed by atoms with van der Waals surface area (Å²) in [5.74, 6) is 0.925. The normalized spacial score (nSPS) is 19.6. The molecule has 0 saturated carbocycles. The summed E-state index contributed by atoms with van der Waals surface area (Å²) in [6.07, 6.45) is 1.93. The second-order valence-corrected chi connectivity index (χ2v) is 7.85. The molecular weight excluding hydrogens is 371 g/mol. The average Bonchev–Trinajstić information content (AvgIpc) is 2.73. The molecular formula is C23H27FN2O3. The number of halogens is 1. The highest BCUT2D eigenvalue weighted by atomic mass is 19.1. The van der Waals surface area contributed by atoms with Gasteiger partial charge in [0.25, 0.3) is 0 Å². The number of hydrogen-bond acceptors (Lipinski definition) is 4. The molecule has 2 aromatic carbocycles. The zero-order chi connectivity index (χ0) is 20.4. The van der Waals surface area contributed by atoms with Gasteiger partial charge < -0.3 is 19.7 Å². The predicted molar refractivity (Wildman–Crippen MR) is 110 cm³/mol. The van der Waals surface area contributed by atoms with Crippen LogP contribution in [0.5, 0.6) is 11.5 Å². The molecule has 2 aromatic rings. The van der Waals surface area contributed by atoms with Crippen molar-refractivity contribution in [1.29, 1.82) is 0 Å². The zero-order valence-corrected chi connectivity index (χ0v) is 16.9. The van der Waals surface area contributed by atoms with E-state index in [0.717, 1.165) is 48.5 Å². The van der Waals surface area contributed by atoms with Gasteiger partial charge >= 0.3 is 0 Å². The first-order chi connectivity index (χ1) is 14.0. The standard InChI is InChI=1S/C23H27FN2O3/c1-15-12-18(24)6-7-20(15)26-9-3-4-19(14-26)25-23(27)16(2)17-5-8-21-22(13-17)29-11-10-28-21/h5-8,12-13,16,19H,3-4,9-11,14H2,1-2H3,(H,25,27). The van der Waals surface area contributed by atoms with Gasteiger partial charge in [0.2, 0.25) is 5.91 Å². The number of carbonyl (C=O) groups excluding carboxylic acids is 1. The van der Waals surface area contributed by atoms with Crippen LogP contribution < -0.4 is 19.7 Å². The molecule has 1 N–H and O–H groups in total. The highest BCUT2D eigenvalue weighted by Crippen LogP contribution is 2.33. The number of hydrogen-bond donors (Lipinski definition) is 1. The maximum absolute atomic E-state index is 13.4. The second kappa shape index (κ2) is 8.31. The molecule has 154 valence electrons. The summed E-state index contributed by atoms with van der Waals surface area (Å²) >= 11 is 0. The van der Waals surface area contributed by atoms with Crippen molar-refractivity contribution in [3.05, 3.63) is 53.3 Å². The third kappa shape index (κ3) is 4.31. The molecule has 2 heterocycles. The summed E-state index contributed by atoms with van der Waals surface area (Å²) in [4.78, 5) is 15.1. The minimum atomic E-state index is -0.284. The molecule has 2 aliphatic heterocycles. The molecule has 0 spiro atoms. The van der Waals surface area contributed by atoms with Gasteiger partial charge in [-0.2, -0.15) is 0 Å². The molecule has 1 saturated heterocycles. The Hall–Kier alpha value is -2.76. The Bertz CT molecular complexity index is 902. The van der Waals surface area contributed by atoms with Gasteiger partial charge in [0.05, 0.1) is 5.92 Å². The molecule has 2 unspecified atom stereocenters. The fraction of sp³-hybridized carbons (Fsp3) is 0.435. The number of anilines is 1. The van der Waals surface area contributed by atoms with Gasteiger partial charge in [-0.15, -0.1) is 0 Å². The van der Waals surface area contributed by atoms with Gasteiger partial charge in [0.15, 0.2) is 11.5 Å². The molecule has 5 nitrogen and oxygen atoms in total. The first-order valence-electron chi connectivity index (χ1n) is 10.2. The molecule has 0 aromatic heterocycles. The average molecular weight is 398 g/mol. The quantitative estimate of drug-likeness (QED) is 0.851. The first kappa shape index (κ1) is 19.6. The predicted octanol–water partition coefficient (Wildman–Crippen LogP) is 3.79. The Morgan fingerprint density at radius 1 is 1.17 bits per heavy atom. The number of fused-ring (bicyclic) bond motifs is 1. The highest BCUT2D eigenvalue weighted by Gasteiger charge is 2.26. The van der Waals surface area contributed by atoms with Crippen molar-refractivity contribution >= 4 is 11.6 Å². The lowest BCUT2D eigenvalue weighted by molar-refractivity contribution is -0.123. The van der Waals surface area contributed by atoms with E-state index < -0.39 is 0 Å². The van der Waals surface area contributed by atoms with E-state index in [1.165, 1.54) is 6.07 Å². The number of piperidine rings is 1. The summed E-state index contributed by atoms with van der Waals surface area (Å²) in [6.45, 7) is 6.55. The molecule has 2 aliphatic rings. The Kier molecular flexibility index (Phi) is 5.60. The maximum atomic E-state index is 13.4. The third-order valence-corrected chi connectivity index (χ3v) is 5.73. The van der Waals surface area contributed by atoms with Crippen LogP contribution in [-0.4, -0.2) is 38.3 Å². The number of benzene rings is 2. The number of nitrogens with one attached hydrogen (secondary N) is 1. The van der Waals surface area contributed by atoms with Crippen molar-refractivity contribution in [2.75, 3.05) is 31.2 Å². The summed E-state index contributed by atoms with van der Waals surface area (Å²) in [5.41, 5.74) is 2.86. The van der Waals surface area contributed by atoms with Gasteiger partial charge in [-0.3, -0.25) is 4.79 Å². The largest absolute Gasteiger partial charge is 0.486 e. The summed E-state index contributed by atoms with van der Waals surface area (Å²) in [5, 5.41) is 3.20. The SMILES string of the molecule is Cc1cc(F)ccc1N1CCCC(NC(=O)C(C)c2ccc3c(c2)OCCO3)C1. The van der Waals surface area contributed by atoms with Gasteiger partial charge in [-0.1, -0.05) is 6.07 Å². The van der Waals surface area contributed by atoms with E-state index >= 15 is 0 Å². The van der Waals surface area contributed by atoms with E-state index in [1.807, 2.05) is 38.1 Å². The second-order valence-electron chi connectivity index (χ2n) is 7.85. The minimum absolute atomic E-state index is 0.00403. The van der Waals surface area contributed by atoms with Gasteiger partial charge in [0.1, 0.15) is 19.0 Å². The van der Waals surface area contributed by atoms with Gasteiger partial charge in [-0.05, 0) is 68.1 Å². The van der Waals surface area contributed by atoms with E-state index in [2.05, 4.69) is 10.2 Å². The fourth-order valence-electron chi connectivity index (χ4n) is 4.09. The van der Waals surface area contributed by atoms with Crippen molar-refractivity contribution in [3.63, 3.8) is 0 Å². The highest BCUT2D eigenvalue weighted by molar-refractivity contribution is 5.83. The van der Waals surface area contributed by atoms with Crippen LogP contribution in [0.2, 0.25) is 0 Å². The molecule has 0 bridgehead atoms. The van der Waals surface area contributed by atoms with Crippen molar-refractivity contribution in [2.24, 2.45) is 0 Å². The van der Waals surface area contributed by atoms with Gasteiger partial charge in [0, 0.05) is 24.8 Å². The van der Waals surface area contributed by atoms with Crippen molar-refractivity contribution in [3.8, 4) is 11.5 Å². The zero-order valence-electron chi connectivity index (χ0n) is 16.9. The minimum Gasteiger partial charge on any atom is -0.486 e. The van der Waals surface area contributed by atoms with E-state index in [-0.39, 0.29) is 23.7 Å². The van der Waals surface area contributed by atoms with E-state index in [1.54, 1.807) is 6.07 Å². The molecule has 2 atom stereocenters. The summed E-state index contributed by atoms with van der Waals surface area (Å²) in [6, 6.07) is 10.6. The van der Waals surface area contributed by atoms with Crippen LogP contribution in [0.4, 0.5) is 10.1 Å². The molecule has 1 amide bonds. The van der Waals surface area contributed by atoms with E-state index in [4.69, 9.17) is 9.47 Å². The van der Waals surface area contributed by atoms with E-state index in [0.29, 0.717) is 19.0 Å². The maximum Gasteiger partial charge on any atom is 0.227 e.